The molecule has 0 radical (unpaired) electrons. The Morgan fingerprint density at radius 2 is 2.54 bits per heavy atom. The van der Waals surface area contributed by atoms with Gasteiger partial charge in [-0.15, -0.1) is 0 Å². The second-order valence-electron chi connectivity index (χ2n) is 3.58. The molecule has 13 heavy (non-hydrogen) atoms. The first kappa shape index (κ1) is 8.72. The van der Waals surface area contributed by atoms with Crippen molar-refractivity contribution in [3.63, 3.8) is 0 Å². The van der Waals surface area contributed by atoms with Crippen molar-refractivity contribution >= 4 is 0 Å². The third-order valence-electron chi connectivity index (χ3n) is 2.52. The number of nitrogens with one attached hydrogen (secondary N) is 2. The summed E-state index contributed by atoms with van der Waals surface area (Å²) in [6.45, 7) is 0.768. The molecule has 1 aliphatic rings. The third kappa shape index (κ3) is 2.29. The molecule has 1 fully saturated rings. The summed E-state index contributed by atoms with van der Waals surface area (Å²) >= 11 is 0. The van der Waals surface area contributed by atoms with Gasteiger partial charge in [-0.1, -0.05) is 0 Å². The van der Waals surface area contributed by atoms with E-state index in [0.29, 0.717) is 6.04 Å². The minimum Gasteiger partial charge on any atom is -0.393 e. The van der Waals surface area contributed by atoms with E-state index in [9.17, 15) is 5.11 Å². The van der Waals surface area contributed by atoms with Crippen molar-refractivity contribution in [2.24, 2.45) is 0 Å². The van der Waals surface area contributed by atoms with E-state index in [1.54, 1.807) is 6.20 Å². The lowest BCUT2D eigenvalue weighted by molar-refractivity contribution is 0.179. The van der Waals surface area contributed by atoms with Crippen molar-refractivity contribution < 1.29 is 5.11 Å². The summed E-state index contributed by atoms with van der Waals surface area (Å²) in [5, 5.41) is 12.7. The molecule has 3 N–H and O–H groups in total. The molecular formula is C9H15N3O. The van der Waals surface area contributed by atoms with Crippen molar-refractivity contribution in [3.05, 3.63) is 18.2 Å². The lowest BCUT2D eigenvalue weighted by Gasteiger charge is -2.09. The van der Waals surface area contributed by atoms with Gasteiger partial charge in [-0.2, -0.15) is 0 Å². The van der Waals surface area contributed by atoms with Gasteiger partial charge in [0, 0.05) is 18.4 Å². The van der Waals surface area contributed by atoms with Crippen LogP contribution >= 0.6 is 0 Å². The van der Waals surface area contributed by atoms with E-state index in [2.05, 4.69) is 15.3 Å². The predicted octanol–water partition coefficient (Wildman–Crippen LogP) is 0.413. The van der Waals surface area contributed by atoms with Crippen molar-refractivity contribution in [2.75, 3.05) is 0 Å². The second-order valence-corrected chi connectivity index (χ2v) is 3.58. The Morgan fingerprint density at radius 1 is 1.62 bits per heavy atom. The van der Waals surface area contributed by atoms with Crippen LogP contribution in [0.25, 0.3) is 0 Å². The monoisotopic (exact) mass is 181 g/mol. The van der Waals surface area contributed by atoms with Crippen molar-refractivity contribution in [1.29, 1.82) is 0 Å². The smallest absolute Gasteiger partial charge is 0.120 e. The van der Waals surface area contributed by atoms with Crippen LogP contribution in [-0.4, -0.2) is 27.2 Å². The van der Waals surface area contributed by atoms with Gasteiger partial charge in [-0.25, -0.2) is 4.98 Å². The van der Waals surface area contributed by atoms with Crippen LogP contribution in [0.5, 0.6) is 0 Å². The summed E-state index contributed by atoms with van der Waals surface area (Å²) in [6.07, 6.45) is 6.34. The number of aliphatic hydroxyl groups excluding tert-OH is 1. The maximum absolute atomic E-state index is 9.29. The number of aliphatic hydroxyl groups is 1. The van der Waals surface area contributed by atoms with Gasteiger partial charge in [0.2, 0.25) is 0 Å². The fourth-order valence-corrected chi connectivity index (χ4v) is 1.78. The fraction of sp³-hybridized carbons (Fsp3) is 0.667. The number of aromatic amines is 1. The van der Waals surface area contributed by atoms with Gasteiger partial charge in [0.1, 0.15) is 5.82 Å². The first-order chi connectivity index (χ1) is 6.34. The molecule has 0 unspecified atom stereocenters. The zero-order chi connectivity index (χ0) is 9.10. The van der Waals surface area contributed by atoms with Crippen LogP contribution < -0.4 is 5.32 Å². The van der Waals surface area contributed by atoms with Gasteiger partial charge < -0.3 is 15.4 Å². The van der Waals surface area contributed by atoms with Gasteiger partial charge in [0.05, 0.1) is 12.6 Å². The predicted molar refractivity (Wildman–Crippen MR) is 49.1 cm³/mol. The van der Waals surface area contributed by atoms with E-state index >= 15 is 0 Å². The SMILES string of the molecule is O[C@@H]1CC[C@H](NCc2ncc[nH]2)C1. The Hall–Kier alpha value is -0.870. The number of rotatable bonds is 3. The van der Waals surface area contributed by atoms with Crippen LogP contribution in [0.15, 0.2) is 12.4 Å². The molecule has 1 aromatic heterocycles. The molecule has 2 atom stereocenters. The summed E-state index contributed by atoms with van der Waals surface area (Å²) in [6, 6.07) is 0.458. The zero-order valence-corrected chi connectivity index (χ0v) is 7.53. The van der Waals surface area contributed by atoms with Crippen LogP contribution in [0.4, 0.5) is 0 Å². The average molecular weight is 181 g/mol. The quantitative estimate of drug-likeness (QED) is 0.633. The molecule has 0 amide bonds. The largest absolute Gasteiger partial charge is 0.393 e. The van der Waals surface area contributed by atoms with E-state index in [0.717, 1.165) is 31.6 Å². The highest BCUT2D eigenvalue weighted by Gasteiger charge is 2.21. The molecule has 2 rings (SSSR count). The van der Waals surface area contributed by atoms with Crippen LogP contribution in [0, 0.1) is 0 Å². The van der Waals surface area contributed by atoms with E-state index < -0.39 is 0 Å². The Bertz CT molecular complexity index is 247. The van der Waals surface area contributed by atoms with Crippen molar-refractivity contribution in [1.82, 2.24) is 15.3 Å². The third-order valence-corrected chi connectivity index (χ3v) is 2.52. The molecule has 1 aliphatic carbocycles. The van der Waals surface area contributed by atoms with Crippen LogP contribution in [0.2, 0.25) is 0 Å². The zero-order valence-electron chi connectivity index (χ0n) is 7.53. The lowest BCUT2D eigenvalue weighted by Crippen LogP contribution is -2.26. The average Bonchev–Trinajstić information content (AvgIpc) is 2.71. The van der Waals surface area contributed by atoms with Gasteiger partial charge >= 0.3 is 0 Å². The van der Waals surface area contributed by atoms with Gasteiger partial charge in [-0.05, 0) is 19.3 Å². The van der Waals surface area contributed by atoms with Gasteiger partial charge in [0.25, 0.3) is 0 Å². The molecule has 0 aliphatic heterocycles. The minimum absolute atomic E-state index is 0.103. The van der Waals surface area contributed by atoms with Crippen LogP contribution in [0.1, 0.15) is 25.1 Å². The van der Waals surface area contributed by atoms with E-state index in [4.69, 9.17) is 0 Å². The highest BCUT2D eigenvalue weighted by Crippen LogP contribution is 2.18. The van der Waals surface area contributed by atoms with Crippen LogP contribution in [-0.2, 0) is 6.54 Å². The fourth-order valence-electron chi connectivity index (χ4n) is 1.78. The van der Waals surface area contributed by atoms with Gasteiger partial charge in [0.15, 0.2) is 0 Å². The molecule has 72 valence electrons. The normalized spacial score (nSPS) is 28.1. The maximum Gasteiger partial charge on any atom is 0.120 e. The topological polar surface area (TPSA) is 60.9 Å². The molecule has 4 heteroatoms. The number of hydrogen-bond acceptors (Lipinski definition) is 3. The Morgan fingerprint density at radius 3 is 3.15 bits per heavy atom. The Balaban J connectivity index is 1.74. The number of nitrogens with zero attached hydrogens (tertiary/aromatic N) is 1. The van der Waals surface area contributed by atoms with E-state index in [1.807, 2.05) is 6.20 Å². The molecular weight excluding hydrogens is 166 g/mol. The molecule has 1 heterocycles. The van der Waals surface area contributed by atoms with E-state index in [1.165, 1.54) is 0 Å². The first-order valence-electron chi connectivity index (χ1n) is 4.74. The van der Waals surface area contributed by atoms with Crippen molar-refractivity contribution in [3.8, 4) is 0 Å². The second kappa shape index (κ2) is 3.89. The molecule has 1 saturated carbocycles. The highest BCUT2D eigenvalue weighted by molar-refractivity contribution is 4.88. The summed E-state index contributed by atoms with van der Waals surface area (Å²) in [5.74, 6) is 0.960. The van der Waals surface area contributed by atoms with E-state index in [-0.39, 0.29) is 6.10 Å². The summed E-state index contributed by atoms with van der Waals surface area (Å²) in [7, 11) is 0. The molecule has 4 nitrogen and oxygen atoms in total. The summed E-state index contributed by atoms with van der Waals surface area (Å²) in [5.41, 5.74) is 0. The Labute approximate surface area is 77.4 Å². The lowest BCUT2D eigenvalue weighted by atomic mass is 10.2. The highest BCUT2D eigenvalue weighted by atomic mass is 16.3. The number of H-pyrrole nitrogens is 1. The molecule has 0 saturated heterocycles. The summed E-state index contributed by atoms with van der Waals surface area (Å²) < 4.78 is 0. The van der Waals surface area contributed by atoms with Crippen LogP contribution in [0.3, 0.4) is 0 Å². The molecule has 0 bridgehead atoms. The Kier molecular flexibility index (Phi) is 2.61. The summed E-state index contributed by atoms with van der Waals surface area (Å²) in [4.78, 5) is 7.15. The number of imidazole rings is 1. The maximum atomic E-state index is 9.29. The first-order valence-corrected chi connectivity index (χ1v) is 4.74. The van der Waals surface area contributed by atoms with Crippen molar-refractivity contribution in [2.45, 2.75) is 38.0 Å². The number of aromatic nitrogens is 2. The number of hydrogen-bond donors (Lipinski definition) is 3. The molecule has 1 aromatic rings. The van der Waals surface area contributed by atoms with Gasteiger partial charge in [-0.3, -0.25) is 0 Å². The standard InChI is InChI=1S/C9H15N3O/c13-8-2-1-7(5-8)12-6-9-10-3-4-11-9/h3-4,7-8,12-13H,1-2,5-6H2,(H,10,11)/t7-,8+/m0/s1. The molecule has 0 spiro atoms. The molecule has 0 aromatic carbocycles. The minimum atomic E-state index is -0.103.